The molecule has 2 amide bonds. The molecule has 2 saturated heterocycles. The van der Waals surface area contributed by atoms with E-state index in [0.29, 0.717) is 5.41 Å². The van der Waals surface area contributed by atoms with Crippen LogP contribution in [0.4, 0.5) is 11.4 Å². The van der Waals surface area contributed by atoms with Crippen molar-refractivity contribution in [2.24, 2.45) is 11.3 Å². The molecule has 7 heteroatoms. The molecule has 2 aliphatic heterocycles. The number of carbonyl (C=O) groups is 2. The summed E-state index contributed by atoms with van der Waals surface area (Å²) in [5.74, 6) is 0.376. The van der Waals surface area contributed by atoms with Gasteiger partial charge in [0.2, 0.25) is 5.91 Å². The van der Waals surface area contributed by atoms with E-state index >= 15 is 0 Å². The fraction of sp³-hybridized carbons (Fsp3) is 0.556. The summed E-state index contributed by atoms with van der Waals surface area (Å²) in [6.07, 6.45) is 7.08. The molecule has 0 bridgehead atoms. The number of likely N-dealkylation sites (N-methyl/N-ethyl adjacent to an activating group) is 1. The molecule has 1 spiro atoms. The maximum Gasteiger partial charge on any atom is 0.256 e. The molecule has 34 heavy (non-hydrogen) atoms. The van der Waals surface area contributed by atoms with Gasteiger partial charge in [-0.2, -0.15) is 0 Å². The maximum atomic E-state index is 14.1. The summed E-state index contributed by atoms with van der Waals surface area (Å²) >= 11 is 1.73. The summed E-state index contributed by atoms with van der Waals surface area (Å²) in [7, 11) is 2.13. The minimum absolute atomic E-state index is 0.0740. The van der Waals surface area contributed by atoms with Gasteiger partial charge in [-0.05, 0) is 74.2 Å². The molecule has 1 N–H and O–H groups in total. The number of thiophene rings is 1. The predicted octanol–water partition coefficient (Wildman–Crippen LogP) is 4.61. The van der Waals surface area contributed by atoms with Gasteiger partial charge in [0.25, 0.3) is 5.91 Å². The number of nitrogens with zero attached hydrogens (tertiary/aromatic N) is 3. The monoisotopic (exact) mass is 478 g/mol. The highest BCUT2D eigenvalue weighted by Gasteiger charge is 2.44. The van der Waals surface area contributed by atoms with Crippen molar-refractivity contribution in [2.75, 3.05) is 50.0 Å². The normalized spacial score (nSPS) is 24.3. The zero-order chi connectivity index (χ0) is 23.3. The molecule has 6 nitrogen and oxygen atoms in total. The van der Waals surface area contributed by atoms with Crippen LogP contribution in [0.2, 0.25) is 0 Å². The Bertz CT molecular complexity index is 1080. The van der Waals surface area contributed by atoms with Crippen LogP contribution in [0.15, 0.2) is 35.7 Å². The van der Waals surface area contributed by atoms with Gasteiger partial charge in [-0.15, -0.1) is 11.3 Å². The van der Waals surface area contributed by atoms with E-state index in [1.165, 1.54) is 30.6 Å². The summed E-state index contributed by atoms with van der Waals surface area (Å²) in [5, 5.41) is 5.20. The van der Waals surface area contributed by atoms with E-state index in [2.05, 4.69) is 50.6 Å². The molecule has 180 valence electrons. The lowest BCUT2D eigenvalue weighted by atomic mass is 9.68. The predicted molar refractivity (Wildman–Crippen MR) is 137 cm³/mol. The molecule has 0 radical (unpaired) electrons. The van der Waals surface area contributed by atoms with Crippen molar-refractivity contribution in [3.8, 4) is 0 Å². The number of amides is 2. The summed E-state index contributed by atoms with van der Waals surface area (Å²) in [4.78, 5) is 34.6. The highest BCUT2D eigenvalue weighted by molar-refractivity contribution is 7.10. The van der Waals surface area contributed by atoms with Gasteiger partial charge in [0, 0.05) is 49.2 Å². The average molecular weight is 479 g/mol. The quantitative estimate of drug-likeness (QED) is 0.682. The van der Waals surface area contributed by atoms with Crippen LogP contribution in [0.5, 0.6) is 0 Å². The van der Waals surface area contributed by atoms with E-state index in [1.807, 2.05) is 12.1 Å². The van der Waals surface area contributed by atoms with Gasteiger partial charge in [0.05, 0.1) is 17.3 Å². The van der Waals surface area contributed by atoms with Crippen molar-refractivity contribution < 1.29 is 9.59 Å². The Hall–Kier alpha value is -2.38. The van der Waals surface area contributed by atoms with Gasteiger partial charge in [0.15, 0.2) is 0 Å². The molecule has 1 aromatic heterocycles. The third-order valence-electron chi connectivity index (χ3n) is 8.35. The Balaban J connectivity index is 1.32. The van der Waals surface area contributed by atoms with E-state index in [4.69, 9.17) is 0 Å². The smallest absolute Gasteiger partial charge is 0.256 e. The van der Waals surface area contributed by atoms with Gasteiger partial charge in [-0.3, -0.25) is 9.59 Å². The molecule has 4 aliphatic rings. The van der Waals surface area contributed by atoms with Crippen LogP contribution >= 0.6 is 11.3 Å². The van der Waals surface area contributed by atoms with E-state index in [1.54, 1.807) is 11.3 Å². The molecule has 4 fully saturated rings. The number of hydrogen-bond donors (Lipinski definition) is 1. The largest absolute Gasteiger partial charge is 0.370 e. The number of anilines is 2. The number of rotatable bonds is 5. The average Bonchev–Trinajstić information content (AvgIpc) is 3.33. The minimum atomic E-state index is 0.0740. The number of benzene rings is 1. The summed E-state index contributed by atoms with van der Waals surface area (Å²) < 4.78 is 0. The van der Waals surface area contributed by atoms with E-state index in [0.717, 1.165) is 62.5 Å². The maximum absolute atomic E-state index is 14.1. The Kier molecular flexibility index (Phi) is 5.65. The van der Waals surface area contributed by atoms with Gasteiger partial charge in [-0.25, -0.2) is 0 Å². The van der Waals surface area contributed by atoms with Gasteiger partial charge >= 0.3 is 0 Å². The highest BCUT2D eigenvalue weighted by atomic mass is 32.1. The van der Waals surface area contributed by atoms with Crippen LogP contribution in [-0.4, -0.2) is 61.4 Å². The summed E-state index contributed by atoms with van der Waals surface area (Å²) in [5.41, 5.74) is 3.00. The first-order valence-corrected chi connectivity index (χ1v) is 13.6. The van der Waals surface area contributed by atoms with Crippen molar-refractivity contribution in [1.29, 1.82) is 0 Å². The number of nitrogens with one attached hydrogen (secondary N) is 1. The summed E-state index contributed by atoms with van der Waals surface area (Å²) in [6.45, 7) is 4.46. The molecule has 1 unspecified atom stereocenters. The Morgan fingerprint density at radius 3 is 2.62 bits per heavy atom. The van der Waals surface area contributed by atoms with Crippen molar-refractivity contribution in [3.05, 3.63) is 46.2 Å². The molecule has 3 heterocycles. The molecule has 2 aromatic rings. The standard InChI is InChI=1S/C27H34N4O2S/c1-29-13-14-31(23(17-29)24-4-2-15-34-24)26(33)21-8-7-20(28-25(32)19-5-6-19)16-22(21)30-12-11-27(18-30)9-3-10-27/h2,4,7-8,15-16,19,23H,3,5-6,9-14,17-18H2,1H3,(H,28,32). The van der Waals surface area contributed by atoms with Crippen LogP contribution in [0.3, 0.4) is 0 Å². The van der Waals surface area contributed by atoms with Crippen molar-refractivity contribution in [2.45, 2.75) is 44.6 Å². The lowest BCUT2D eigenvalue weighted by Gasteiger charge is -2.40. The first-order valence-electron chi connectivity index (χ1n) is 12.7. The molecular weight excluding hydrogens is 444 g/mol. The van der Waals surface area contributed by atoms with E-state index in [9.17, 15) is 9.59 Å². The van der Waals surface area contributed by atoms with Crippen LogP contribution in [0, 0.1) is 11.3 Å². The minimum Gasteiger partial charge on any atom is -0.370 e. The fourth-order valence-corrected chi connectivity index (χ4v) is 6.74. The molecule has 1 aromatic carbocycles. The Morgan fingerprint density at radius 2 is 1.94 bits per heavy atom. The lowest BCUT2D eigenvalue weighted by Crippen LogP contribution is -2.49. The van der Waals surface area contributed by atoms with Crippen molar-refractivity contribution in [1.82, 2.24) is 9.80 Å². The van der Waals surface area contributed by atoms with Crippen LogP contribution in [-0.2, 0) is 4.79 Å². The third kappa shape index (κ3) is 4.13. The second kappa shape index (κ2) is 8.68. The zero-order valence-corrected chi connectivity index (χ0v) is 20.8. The van der Waals surface area contributed by atoms with E-state index < -0.39 is 0 Å². The highest BCUT2D eigenvalue weighted by Crippen LogP contribution is 2.49. The van der Waals surface area contributed by atoms with Crippen molar-refractivity contribution >= 4 is 34.5 Å². The van der Waals surface area contributed by atoms with Gasteiger partial charge in [0.1, 0.15) is 0 Å². The van der Waals surface area contributed by atoms with Crippen molar-refractivity contribution in [3.63, 3.8) is 0 Å². The van der Waals surface area contributed by atoms with Gasteiger partial charge < -0.3 is 20.0 Å². The second-order valence-corrected chi connectivity index (χ2v) is 11.8. The molecular formula is C27H34N4O2S. The molecule has 2 aliphatic carbocycles. The van der Waals surface area contributed by atoms with E-state index in [-0.39, 0.29) is 23.8 Å². The van der Waals surface area contributed by atoms with Gasteiger partial charge in [-0.1, -0.05) is 12.5 Å². The number of piperazine rings is 1. The first kappa shape index (κ1) is 22.1. The number of carbonyl (C=O) groups excluding carboxylic acids is 2. The zero-order valence-electron chi connectivity index (χ0n) is 20.0. The second-order valence-electron chi connectivity index (χ2n) is 10.8. The molecule has 1 atom stereocenters. The topological polar surface area (TPSA) is 55.9 Å². The Morgan fingerprint density at radius 1 is 1.09 bits per heavy atom. The fourth-order valence-electron chi connectivity index (χ4n) is 5.91. The van der Waals surface area contributed by atoms with Crippen LogP contribution in [0.25, 0.3) is 0 Å². The lowest BCUT2D eigenvalue weighted by molar-refractivity contribution is -0.117. The Labute approximate surface area is 205 Å². The first-order chi connectivity index (χ1) is 16.5. The van der Waals surface area contributed by atoms with Crippen LogP contribution < -0.4 is 10.2 Å². The third-order valence-corrected chi connectivity index (χ3v) is 9.33. The number of hydrogen-bond acceptors (Lipinski definition) is 5. The summed E-state index contributed by atoms with van der Waals surface area (Å²) in [6, 6.07) is 10.2. The van der Waals surface area contributed by atoms with Crippen LogP contribution in [0.1, 0.15) is 59.8 Å². The molecule has 6 rings (SSSR count). The molecule has 2 saturated carbocycles. The SMILES string of the molecule is CN1CCN(C(=O)c2ccc(NC(=O)C3CC3)cc2N2CCC3(CCC3)C2)C(c2cccs2)C1.